The quantitative estimate of drug-likeness (QED) is 0.642. The molecule has 0 fully saturated rings. The Hall–Kier alpha value is -1.83. The summed E-state index contributed by atoms with van der Waals surface area (Å²) in [6.45, 7) is 1.72. The topological polar surface area (TPSA) is 93.2 Å². The lowest BCUT2D eigenvalue weighted by atomic mass is 9.99. The van der Waals surface area contributed by atoms with Crippen LogP contribution in [0.25, 0.3) is 0 Å². The minimum atomic E-state index is -1.21. The Morgan fingerprint density at radius 2 is 2.05 bits per heavy atom. The van der Waals surface area contributed by atoms with Crippen LogP contribution in [0.1, 0.15) is 12.5 Å². The molecule has 22 heavy (non-hydrogen) atoms. The molecular formula is C13H14Cl2N4O3. The number of benzene rings is 1. The van der Waals surface area contributed by atoms with Gasteiger partial charge < -0.3 is 10.4 Å². The summed E-state index contributed by atoms with van der Waals surface area (Å²) in [5.74, 6) is 0. The summed E-state index contributed by atoms with van der Waals surface area (Å²) in [5, 5.41) is 28.4. The van der Waals surface area contributed by atoms with E-state index in [2.05, 4.69) is 10.4 Å². The Morgan fingerprint density at radius 3 is 2.50 bits per heavy atom. The van der Waals surface area contributed by atoms with Crippen molar-refractivity contribution in [1.29, 1.82) is 0 Å². The maximum Gasteiger partial charge on any atom is 0.272 e. The monoisotopic (exact) mass is 344 g/mol. The molecule has 9 heteroatoms. The fourth-order valence-corrected chi connectivity index (χ4v) is 2.51. The molecule has 2 N–H and O–H groups in total. The number of halogens is 2. The fraction of sp³-hybridized carbons (Fsp3) is 0.308. The van der Waals surface area contributed by atoms with Crippen LogP contribution in [0.4, 0.5) is 11.4 Å². The Bertz CT molecular complexity index is 692. The van der Waals surface area contributed by atoms with E-state index in [4.69, 9.17) is 23.2 Å². The van der Waals surface area contributed by atoms with Crippen LogP contribution in [0.5, 0.6) is 0 Å². The van der Waals surface area contributed by atoms with Crippen LogP contribution < -0.4 is 5.32 Å². The van der Waals surface area contributed by atoms with Crippen molar-refractivity contribution in [2.45, 2.75) is 12.5 Å². The third-order valence-corrected chi connectivity index (χ3v) is 3.77. The highest BCUT2D eigenvalue weighted by Crippen LogP contribution is 2.35. The Balaban J connectivity index is 2.19. The van der Waals surface area contributed by atoms with E-state index in [1.165, 1.54) is 12.1 Å². The normalized spacial score (nSPS) is 13.7. The van der Waals surface area contributed by atoms with Gasteiger partial charge in [0, 0.05) is 37.5 Å². The molecule has 7 nitrogen and oxygen atoms in total. The summed E-state index contributed by atoms with van der Waals surface area (Å²) in [6, 6.07) is 2.41. The first-order valence-electron chi connectivity index (χ1n) is 6.29. The first kappa shape index (κ1) is 16.5. The van der Waals surface area contributed by atoms with Crippen molar-refractivity contribution in [2.24, 2.45) is 7.05 Å². The maximum absolute atomic E-state index is 10.7. The lowest BCUT2D eigenvalue weighted by molar-refractivity contribution is -0.384. The number of nitro groups is 1. The minimum absolute atomic E-state index is 0.107. The van der Waals surface area contributed by atoms with E-state index in [-0.39, 0.29) is 22.3 Å². The number of nitro benzene ring substituents is 1. The molecule has 0 aliphatic carbocycles. The van der Waals surface area contributed by atoms with E-state index in [0.717, 1.165) is 0 Å². The number of rotatable bonds is 5. The highest BCUT2D eigenvalue weighted by Gasteiger charge is 2.25. The SMILES string of the molecule is Cn1cc([C@@](C)(O)CNc2c(Cl)cc([N+](=O)[O-])cc2Cl)cn1. The predicted molar refractivity (Wildman–Crippen MR) is 84.4 cm³/mol. The average Bonchev–Trinajstić information content (AvgIpc) is 2.85. The molecule has 1 aromatic heterocycles. The molecular weight excluding hydrogens is 331 g/mol. The predicted octanol–water partition coefficient (Wildman–Crippen LogP) is 2.95. The van der Waals surface area contributed by atoms with Gasteiger partial charge in [0.2, 0.25) is 0 Å². The number of aliphatic hydroxyl groups is 1. The molecule has 0 saturated carbocycles. The Kier molecular flexibility index (Phi) is 4.60. The van der Waals surface area contributed by atoms with Crippen molar-refractivity contribution < 1.29 is 10.0 Å². The molecule has 0 radical (unpaired) electrons. The zero-order valence-electron chi connectivity index (χ0n) is 11.9. The molecule has 118 valence electrons. The first-order chi connectivity index (χ1) is 10.2. The second-order valence-corrected chi connectivity index (χ2v) is 5.89. The van der Waals surface area contributed by atoms with E-state index < -0.39 is 10.5 Å². The number of nitrogens with one attached hydrogen (secondary N) is 1. The van der Waals surface area contributed by atoms with Crippen LogP contribution in [0.15, 0.2) is 24.5 Å². The van der Waals surface area contributed by atoms with Gasteiger partial charge in [-0.25, -0.2) is 0 Å². The van der Waals surface area contributed by atoms with E-state index in [1.807, 2.05) is 0 Å². The van der Waals surface area contributed by atoms with Crippen molar-refractivity contribution in [3.8, 4) is 0 Å². The van der Waals surface area contributed by atoms with Crippen LogP contribution in [0, 0.1) is 10.1 Å². The highest BCUT2D eigenvalue weighted by molar-refractivity contribution is 6.39. The van der Waals surface area contributed by atoms with Crippen LogP contribution in [-0.2, 0) is 12.6 Å². The van der Waals surface area contributed by atoms with Crippen LogP contribution in [-0.4, -0.2) is 26.4 Å². The van der Waals surface area contributed by atoms with E-state index in [0.29, 0.717) is 11.3 Å². The summed E-state index contributed by atoms with van der Waals surface area (Å²) in [5.41, 5.74) is -0.447. The molecule has 0 bridgehead atoms. The van der Waals surface area contributed by atoms with Crippen molar-refractivity contribution in [1.82, 2.24) is 9.78 Å². The summed E-state index contributed by atoms with van der Waals surface area (Å²) < 4.78 is 1.58. The van der Waals surface area contributed by atoms with Crippen molar-refractivity contribution in [2.75, 3.05) is 11.9 Å². The highest BCUT2D eigenvalue weighted by atomic mass is 35.5. The lowest BCUT2D eigenvalue weighted by Gasteiger charge is -2.23. The molecule has 0 amide bonds. The lowest BCUT2D eigenvalue weighted by Crippen LogP contribution is -2.30. The minimum Gasteiger partial charge on any atom is -0.383 e. The number of aryl methyl sites for hydroxylation is 1. The number of anilines is 1. The summed E-state index contributed by atoms with van der Waals surface area (Å²) in [4.78, 5) is 10.2. The van der Waals surface area contributed by atoms with Crippen molar-refractivity contribution >= 4 is 34.6 Å². The van der Waals surface area contributed by atoms with Gasteiger partial charge >= 0.3 is 0 Å². The smallest absolute Gasteiger partial charge is 0.272 e. The largest absolute Gasteiger partial charge is 0.383 e. The molecule has 2 rings (SSSR count). The van der Waals surface area contributed by atoms with Gasteiger partial charge in [-0.15, -0.1) is 0 Å². The number of non-ortho nitro benzene ring substituents is 1. The summed E-state index contributed by atoms with van der Waals surface area (Å²) >= 11 is 12.0. The van der Waals surface area contributed by atoms with E-state index in [9.17, 15) is 15.2 Å². The molecule has 0 saturated heterocycles. The molecule has 1 atom stereocenters. The van der Waals surface area contributed by atoms with Gasteiger partial charge in [0.05, 0.1) is 26.9 Å². The third-order valence-electron chi connectivity index (χ3n) is 3.17. The standard InChI is InChI=1S/C13H14Cl2N4O3/c1-13(20,8-5-17-18(2)6-8)7-16-12-10(14)3-9(19(21)22)4-11(12)15/h3-6,16,20H,7H2,1-2H3/t13-/m0/s1. The molecule has 0 unspecified atom stereocenters. The van der Waals surface area contributed by atoms with Gasteiger partial charge in [0.1, 0.15) is 5.60 Å². The number of aromatic nitrogens is 2. The van der Waals surface area contributed by atoms with Gasteiger partial charge in [-0.05, 0) is 6.92 Å². The molecule has 1 aromatic carbocycles. The van der Waals surface area contributed by atoms with Gasteiger partial charge in [-0.3, -0.25) is 14.8 Å². The van der Waals surface area contributed by atoms with E-state index in [1.54, 1.807) is 31.0 Å². The molecule has 0 aliphatic rings. The van der Waals surface area contributed by atoms with Gasteiger partial charge in [-0.2, -0.15) is 5.10 Å². The van der Waals surface area contributed by atoms with Crippen molar-refractivity contribution in [3.63, 3.8) is 0 Å². The summed E-state index contributed by atoms with van der Waals surface area (Å²) in [6.07, 6.45) is 3.25. The molecule has 1 heterocycles. The number of hydrogen-bond donors (Lipinski definition) is 2. The third kappa shape index (κ3) is 3.49. The first-order valence-corrected chi connectivity index (χ1v) is 7.05. The molecule has 2 aromatic rings. The molecule has 0 aliphatic heterocycles. The average molecular weight is 345 g/mol. The van der Waals surface area contributed by atoms with Gasteiger partial charge in [0.25, 0.3) is 5.69 Å². The van der Waals surface area contributed by atoms with Gasteiger partial charge in [0.15, 0.2) is 0 Å². The molecule has 0 spiro atoms. The maximum atomic E-state index is 10.7. The second kappa shape index (κ2) is 6.12. The van der Waals surface area contributed by atoms with Crippen LogP contribution in [0.3, 0.4) is 0 Å². The Labute approximate surface area is 136 Å². The van der Waals surface area contributed by atoms with E-state index >= 15 is 0 Å². The van der Waals surface area contributed by atoms with Crippen LogP contribution >= 0.6 is 23.2 Å². The van der Waals surface area contributed by atoms with Gasteiger partial charge in [-0.1, -0.05) is 23.2 Å². The Morgan fingerprint density at radius 1 is 1.45 bits per heavy atom. The second-order valence-electron chi connectivity index (χ2n) is 5.07. The summed E-state index contributed by atoms with van der Waals surface area (Å²) in [7, 11) is 1.75. The number of nitrogens with zero attached hydrogens (tertiary/aromatic N) is 3. The fourth-order valence-electron chi connectivity index (χ4n) is 1.90. The van der Waals surface area contributed by atoms with Crippen LogP contribution in [0.2, 0.25) is 10.0 Å². The zero-order valence-corrected chi connectivity index (χ0v) is 13.4. The number of hydrogen-bond acceptors (Lipinski definition) is 5. The zero-order chi connectivity index (χ0) is 16.5. The van der Waals surface area contributed by atoms with Crippen molar-refractivity contribution in [3.05, 3.63) is 50.2 Å².